The first-order chi connectivity index (χ1) is 14.3. The lowest BCUT2D eigenvalue weighted by atomic mass is 9.95. The molecule has 0 heterocycles. The van der Waals surface area contributed by atoms with Gasteiger partial charge in [0.1, 0.15) is 0 Å². The summed E-state index contributed by atoms with van der Waals surface area (Å²) in [7, 11) is 0. The molecule has 0 radical (unpaired) electrons. The Morgan fingerprint density at radius 3 is 2.67 bits per heavy atom. The highest BCUT2D eigenvalue weighted by molar-refractivity contribution is 5.78. The number of nitrogens with two attached hydrogens (primary N) is 1. The van der Waals surface area contributed by atoms with Crippen LogP contribution in [0.25, 0.3) is 5.57 Å². The van der Waals surface area contributed by atoms with Gasteiger partial charge >= 0.3 is 0 Å². The zero-order valence-electron chi connectivity index (χ0n) is 18.9. The molecule has 2 nitrogen and oxygen atoms in total. The van der Waals surface area contributed by atoms with Crippen LogP contribution in [0.5, 0.6) is 0 Å². The van der Waals surface area contributed by atoms with Gasteiger partial charge in [-0.2, -0.15) is 0 Å². The Hall–Kier alpha value is -2.76. The normalized spacial score (nSPS) is 21.3. The summed E-state index contributed by atoms with van der Waals surface area (Å²) < 4.78 is 0. The van der Waals surface area contributed by atoms with Gasteiger partial charge in [-0.05, 0) is 66.7 Å². The van der Waals surface area contributed by atoms with Crippen LogP contribution in [0.2, 0.25) is 0 Å². The van der Waals surface area contributed by atoms with Crippen LogP contribution in [0.3, 0.4) is 0 Å². The molecule has 0 fully saturated rings. The molecule has 1 aromatic carbocycles. The summed E-state index contributed by atoms with van der Waals surface area (Å²) in [6.07, 6.45) is 17.3. The number of anilines is 1. The van der Waals surface area contributed by atoms with Gasteiger partial charge in [-0.1, -0.05) is 75.1 Å². The van der Waals surface area contributed by atoms with Gasteiger partial charge in [0.15, 0.2) is 0 Å². The topological polar surface area (TPSA) is 29.3 Å². The highest BCUT2D eigenvalue weighted by Gasteiger charge is 2.19. The maximum atomic E-state index is 6.24. The molecule has 0 saturated carbocycles. The molecule has 0 spiro atoms. The Morgan fingerprint density at radius 1 is 1.13 bits per heavy atom. The predicted octanol–water partition coefficient (Wildman–Crippen LogP) is 6.17. The molecule has 156 valence electrons. The van der Waals surface area contributed by atoms with Crippen molar-refractivity contribution in [2.24, 2.45) is 17.6 Å². The van der Waals surface area contributed by atoms with E-state index in [0.717, 1.165) is 13.0 Å². The largest absolute Gasteiger partial charge is 0.344 e. The monoisotopic (exact) mass is 398 g/mol. The Bertz CT molecular complexity index is 987. The van der Waals surface area contributed by atoms with Crippen LogP contribution >= 0.6 is 0 Å². The molecule has 2 aliphatic carbocycles. The van der Waals surface area contributed by atoms with E-state index in [9.17, 15) is 0 Å². The Labute approximate surface area is 182 Å². The van der Waals surface area contributed by atoms with Crippen LogP contribution in [-0.4, -0.2) is 12.1 Å². The minimum absolute atomic E-state index is 0.405. The van der Waals surface area contributed by atoms with Gasteiger partial charge in [0.25, 0.3) is 0 Å². The van der Waals surface area contributed by atoms with E-state index in [0.29, 0.717) is 11.8 Å². The van der Waals surface area contributed by atoms with Gasteiger partial charge < -0.3 is 10.6 Å². The molecule has 2 unspecified atom stereocenters. The SMILES string of the molecule is Cc1cc(C2=CC=CC(C)(N)C=C2)ccc1N(CC(C)C(C)C)C1=CC=CC#CC1. The number of allylic oxidation sites excluding steroid dienone is 8. The van der Waals surface area contributed by atoms with Crippen LogP contribution in [0.15, 0.2) is 72.5 Å². The van der Waals surface area contributed by atoms with Crippen molar-refractivity contribution in [1.82, 2.24) is 0 Å². The zero-order chi connectivity index (χ0) is 21.7. The number of hydrogen-bond donors (Lipinski definition) is 1. The summed E-state index contributed by atoms with van der Waals surface area (Å²) >= 11 is 0. The van der Waals surface area contributed by atoms with Crippen molar-refractivity contribution in [2.45, 2.75) is 46.6 Å². The fourth-order valence-corrected chi connectivity index (χ4v) is 3.59. The maximum absolute atomic E-state index is 6.24. The van der Waals surface area contributed by atoms with E-state index in [-0.39, 0.29) is 0 Å². The first kappa shape index (κ1) is 21.9. The lowest BCUT2D eigenvalue weighted by Gasteiger charge is -2.32. The number of rotatable bonds is 6. The molecular weight excluding hydrogens is 364 g/mol. The molecular formula is C28H34N2. The number of hydrogen-bond acceptors (Lipinski definition) is 2. The molecule has 2 N–H and O–H groups in total. The fraction of sp³-hybridized carbons (Fsp3) is 0.357. The summed E-state index contributed by atoms with van der Waals surface area (Å²) in [5, 5.41) is 0. The van der Waals surface area contributed by atoms with Crippen molar-refractivity contribution >= 4 is 11.3 Å². The average Bonchev–Trinajstić information content (AvgIpc) is 3.06. The van der Waals surface area contributed by atoms with Crippen LogP contribution in [0.1, 0.15) is 45.2 Å². The van der Waals surface area contributed by atoms with E-state index >= 15 is 0 Å². The van der Waals surface area contributed by atoms with E-state index in [2.05, 4.69) is 99.1 Å². The summed E-state index contributed by atoms with van der Waals surface area (Å²) in [5.74, 6) is 7.56. The summed E-state index contributed by atoms with van der Waals surface area (Å²) in [6, 6.07) is 6.76. The highest BCUT2D eigenvalue weighted by Crippen LogP contribution is 2.31. The summed E-state index contributed by atoms with van der Waals surface area (Å²) in [4.78, 5) is 2.46. The van der Waals surface area contributed by atoms with Crippen molar-refractivity contribution < 1.29 is 0 Å². The minimum Gasteiger partial charge on any atom is -0.344 e. The molecule has 0 amide bonds. The molecule has 0 aliphatic heterocycles. The molecule has 2 heteroatoms. The molecule has 2 atom stereocenters. The highest BCUT2D eigenvalue weighted by atomic mass is 15.1. The minimum atomic E-state index is -0.405. The smallest absolute Gasteiger partial charge is 0.0502 e. The van der Waals surface area contributed by atoms with Crippen LogP contribution in [-0.2, 0) is 0 Å². The van der Waals surface area contributed by atoms with Crippen molar-refractivity contribution in [2.75, 3.05) is 11.4 Å². The second-order valence-electron chi connectivity index (χ2n) is 9.03. The van der Waals surface area contributed by atoms with Gasteiger partial charge in [0.2, 0.25) is 0 Å². The quantitative estimate of drug-likeness (QED) is 0.581. The second kappa shape index (κ2) is 9.37. The average molecular weight is 399 g/mol. The maximum Gasteiger partial charge on any atom is 0.0502 e. The molecule has 0 aromatic heterocycles. The predicted molar refractivity (Wildman–Crippen MR) is 131 cm³/mol. The van der Waals surface area contributed by atoms with E-state index < -0.39 is 5.54 Å². The van der Waals surface area contributed by atoms with Crippen LogP contribution < -0.4 is 10.6 Å². The van der Waals surface area contributed by atoms with Gasteiger partial charge in [-0.15, -0.1) is 0 Å². The first-order valence-corrected chi connectivity index (χ1v) is 10.9. The number of benzene rings is 1. The van der Waals surface area contributed by atoms with Gasteiger partial charge in [0, 0.05) is 24.4 Å². The van der Waals surface area contributed by atoms with Gasteiger partial charge in [-0.3, -0.25) is 0 Å². The Balaban J connectivity index is 1.96. The fourth-order valence-electron chi connectivity index (χ4n) is 3.59. The number of nitrogens with zero attached hydrogens (tertiary/aromatic N) is 1. The zero-order valence-corrected chi connectivity index (χ0v) is 18.9. The van der Waals surface area contributed by atoms with Gasteiger partial charge in [-0.25, -0.2) is 0 Å². The number of aryl methyl sites for hydroxylation is 1. The van der Waals surface area contributed by atoms with E-state index in [1.165, 1.54) is 28.1 Å². The lowest BCUT2D eigenvalue weighted by Crippen LogP contribution is -2.30. The molecule has 0 bridgehead atoms. The molecule has 3 rings (SSSR count). The van der Waals surface area contributed by atoms with Crippen molar-refractivity contribution in [3.63, 3.8) is 0 Å². The van der Waals surface area contributed by atoms with Gasteiger partial charge in [0.05, 0.1) is 5.54 Å². The van der Waals surface area contributed by atoms with E-state index in [4.69, 9.17) is 5.73 Å². The third kappa shape index (κ3) is 5.43. The third-order valence-corrected chi connectivity index (χ3v) is 5.97. The Kier molecular flexibility index (Phi) is 6.85. The van der Waals surface area contributed by atoms with E-state index in [1.807, 2.05) is 19.1 Å². The molecule has 2 aliphatic rings. The van der Waals surface area contributed by atoms with Crippen LogP contribution in [0, 0.1) is 30.6 Å². The van der Waals surface area contributed by atoms with E-state index in [1.54, 1.807) is 0 Å². The first-order valence-electron chi connectivity index (χ1n) is 10.9. The second-order valence-corrected chi connectivity index (χ2v) is 9.03. The van der Waals surface area contributed by atoms with Crippen molar-refractivity contribution in [3.05, 3.63) is 83.6 Å². The van der Waals surface area contributed by atoms with Crippen LogP contribution in [0.4, 0.5) is 5.69 Å². The standard InChI is InChI=1S/C28H34N2/c1-21(2)23(4)20-30(26-12-8-6-7-9-13-26)27-15-14-25(19-22(27)3)24-11-10-17-28(5,29)18-16-24/h6,8,10-12,14-19,21,23H,13,20,29H2,1-5H3. The Morgan fingerprint density at radius 2 is 1.93 bits per heavy atom. The molecule has 0 saturated heterocycles. The molecule has 1 aromatic rings. The third-order valence-electron chi connectivity index (χ3n) is 5.97. The molecule has 30 heavy (non-hydrogen) atoms. The van der Waals surface area contributed by atoms with Crippen molar-refractivity contribution in [1.29, 1.82) is 0 Å². The summed E-state index contributed by atoms with van der Waals surface area (Å²) in [6.45, 7) is 12.1. The van der Waals surface area contributed by atoms with Crippen molar-refractivity contribution in [3.8, 4) is 11.8 Å². The summed E-state index contributed by atoms with van der Waals surface area (Å²) in [5.41, 5.74) is 12.0. The lowest BCUT2D eigenvalue weighted by molar-refractivity contribution is 0.423.